The number of aryl methyl sites for hydroxylation is 1. The number of furan rings is 1. The molecule has 6 nitrogen and oxygen atoms in total. The number of benzene rings is 1. The van der Waals surface area contributed by atoms with Crippen LogP contribution in [0.3, 0.4) is 0 Å². The van der Waals surface area contributed by atoms with Crippen molar-refractivity contribution in [3.05, 3.63) is 53.5 Å². The molecule has 1 heterocycles. The summed E-state index contributed by atoms with van der Waals surface area (Å²) in [6.45, 7) is 1.87. The molecule has 0 saturated carbocycles. The normalized spacial score (nSPS) is 9.90. The van der Waals surface area contributed by atoms with E-state index in [1.165, 1.54) is 19.4 Å². The molecule has 1 aromatic heterocycles. The summed E-state index contributed by atoms with van der Waals surface area (Å²) in [7, 11) is 1.53. The largest absolute Gasteiger partial charge is 0.496 e. The van der Waals surface area contributed by atoms with E-state index < -0.39 is 11.8 Å². The van der Waals surface area contributed by atoms with Crippen LogP contribution in [0.2, 0.25) is 0 Å². The molecule has 0 saturated heterocycles. The monoisotopic (exact) mass is 274 g/mol. The van der Waals surface area contributed by atoms with Crippen molar-refractivity contribution in [3.8, 4) is 5.75 Å². The molecule has 0 unspecified atom stereocenters. The van der Waals surface area contributed by atoms with Crippen LogP contribution in [-0.4, -0.2) is 18.9 Å². The molecule has 2 rings (SSSR count). The zero-order chi connectivity index (χ0) is 14.5. The van der Waals surface area contributed by atoms with Gasteiger partial charge in [0, 0.05) is 5.56 Å². The minimum atomic E-state index is -0.526. The molecule has 0 aliphatic carbocycles. The molecule has 0 aliphatic rings. The molecule has 0 bridgehead atoms. The van der Waals surface area contributed by atoms with Crippen LogP contribution < -0.4 is 15.6 Å². The van der Waals surface area contributed by atoms with Crippen LogP contribution in [0.25, 0.3) is 0 Å². The molecule has 2 aromatic rings. The fourth-order valence-corrected chi connectivity index (χ4v) is 1.62. The third-order valence-corrected chi connectivity index (χ3v) is 2.70. The van der Waals surface area contributed by atoms with Gasteiger partial charge in [-0.25, -0.2) is 0 Å². The summed E-state index contributed by atoms with van der Waals surface area (Å²) < 4.78 is 10.0. The molecule has 6 heteroatoms. The molecule has 0 atom stereocenters. The van der Waals surface area contributed by atoms with Crippen LogP contribution in [-0.2, 0) is 0 Å². The zero-order valence-corrected chi connectivity index (χ0v) is 11.1. The van der Waals surface area contributed by atoms with Gasteiger partial charge in [0.05, 0.1) is 13.4 Å². The molecule has 0 spiro atoms. The Labute approximate surface area is 115 Å². The van der Waals surface area contributed by atoms with E-state index in [0.29, 0.717) is 11.3 Å². The second-order valence-corrected chi connectivity index (χ2v) is 4.07. The van der Waals surface area contributed by atoms with E-state index in [0.717, 1.165) is 5.56 Å². The van der Waals surface area contributed by atoms with E-state index in [9.17, 15) is 9.59 Å². The Morgan fingerprint density at radius 3 is 2.55 bits per heavy atom. The van der Waals surface area contributed by atoms with Crippen LogP contribution in [0.5, 0.6) is 5.75 Å². The molecule has 0 aliphatic heterocycles. The Hall–Kier alpha value is -2.76. The van der Waals surface area contributed by atoms with Crippen LogP contribution in [0.1, 0.15) is 26.5 Å². The van der Waals surface area contributed by atoms with Crippen molar-refractivity contribution >= 4 is 11.8 Å². The maximum atomic E-state index is 11.9. The predicted octanol–water partition coefficient (Wildman–Crippen LogP) is 1.67. The van der Waals surface area contributed by atoms with Gasteiger partial charge in [0.2, 0.25) is 0 Å². The molecule has 0 radical (unpaired) electrons. The number of hydrogen-bond donors (Lipinski definition) is 2. The van der Waals surface area contributed by atoms with Gasteiger partial charge in [-0.1, -0.05) is 6.07 Å². The number of methoxy groups -OCH3 is 1. The SMILES string of the molecule is COc1cc(C(=O)NNC(=O)c2ccco2)ccc1C. The van der Waals surface area contributed by atoms with Crippen molar-refractivity contribution in [3.63, 3.8) is 0 Å². The van der Waals surface area contributed by atoms with Crippen LogP contribution >= 0.6 is 0 Å². The number of hydrazine groups is 1. The minimum Gasteiger partial charge on any atom is -0.496 e. The molecule has 20 heavy (non-hydrogen) atoms. The number of ether oxygens (including phenoxy) is 1. The van der Waals surface area contributed by atoms with Crippen molar-refractivity contribution in [1.82, 2.24) is 10.9 Å². The molecule has 2 amide bonds. The molecular weight excluding hydrogens is 260 g/mol. The van der Waals surface area contributed by atoms with Gasteiger partial charge in [0.15, 0.2) is 5.76 Å². The molecule has 0 fully saturated rings. The zero-order valence-electron chi connectivity index (χ0n) is 11.1. The fraction of sp³-hybridized carbons (Fsp3) is 0.143. The maximum Gasteiger partial charge on any atom is 0.305 e. The highest BCUT2D eigenvalue weighted by atomic mass is 16.5. The van der Waals surface area contributed by atoms with Crippen molar-refractivity contribution in [2.24, 2.45) is 0 Å². The first-order valence-electron chi connectivity index (χ1n) is 5.90. The van der Waals surface area contributed by atoms with Gasteiger partial charge in [0.1, 0.15) is 5.75 Å². The maximum absolute atomic E-state index is 11.9. The number of nitrogens with one attached hydrogen (secondary N) is 2. The van der Waals surface area contributed by atoms with Gasteiger partial charge in [-0.05, 0) is 36.8 Å². The number of rotatable bonds is 3. The average molecular weight is 274 g/mol. The Kier molecular flexibility index (Phi) is 4.05. The second kappa shape index (κ2) is 5.92. The summed E-state index contributed by atoms with van der Waals surface area (Å²) in [6.07, 6.45) is 1.38. The van der Waals surface area contributed by atoms with E-state index in [-0.39, 0.29) is 5.76 Å². The molecule has 1 aromatic carbocycles. The molecular formula is C14H14N2O4. The van der Waals surface area contributed by atoms with Gasteiger partial charge < -0.3 is 9.15 Å². The van der Waals surface area contributed by atoms with Crippen molar-refractivity contribution in [2.45, 2.75) is 6.92 Å². The number of hydrogen-bond acceptors (Lipinski definition) is 4. The predicted molar refractivity (Wildman–Crippen MR) is 71.4 cm³/mol. The first kappa shape index (κ1) is 13.7. The molecule has 104 valence electrons. The molecule has 2 N–H and O–H groups in total. The summed E-state index contributed by atoms with van der Waals surface area (Å²) in [5.74, 6) is -0.243. The Morgan fingerprint density at radius 1 is 1.15 bits per heavy atom. The first-order chi connectivity index (χ1) is 9.61. The minimum absolute atomic E-state index is 0.117. The summed E-state index contributed by atoms with van der Waals surface area (Å²) in [4.78, 5) is 23.5. The van der Waals surface area contributed by atoms with Gasteiger partial charge in [-0.3, -0.25) is 20.4 Å². The highest BCUT2D eigenvalue weighted by Crippen LogP contribution is 2.18. The summed E-state index contributed by atoms with van der Waals surface area (Å²) >= 11 is 0. The van der Waals surface area contributed by atoms with Crippen molar-refractivity contribution in [1.29, 1.82) is 0 Å². The Bertz CT molecular complexity index is 620. The lowest BCUT2D eigenvalue weighted by Crippen LogP contribution is -2.41. The van der Waals surface area contributed by atoms with Gasteiger partial charge in [-0.2, -0.15) is 0 Å². The van der Waals surface area contributed by atoms with Crippen LogP contribution in [0, 0.1) is 6.92 Å². The summed E-state index contributed by atoms with van der Waals surface area (Å²) in [5.41, 5.74) is 5.87. The van der Waals surface area contributed by atoms with Gasteiger partial charge in [-0.15, -0.1) is 0 Å². The standard InChI is InChI=1S/C14H14N2O4/c1-9-5-6-10(8-12(9)19-2)13(17)15-16-14(18)11-4-3-7-20-11/h3-8H,1-2H3,(H,15,17)(H,16,18). The Balaban J connectivity index is 2.00. The number of amides is 2. The lowest BCUT2D eigenvalue weighted by atomic mass is 10.1. The third-order valence-electron chi connectivity index (χ3n) is 2.70. The fourth-order valence-electron chi connectivity index (χ4n) is 1.62. The van der Waals surface area contributed by atoms with Gasteiger partial charge in [0.25, 0.3) is 5.91 Å². The smallest absolute Gasteiger partial charge is 0.305 e. The Morgan fingerprint density at radius 2 is 1.90 bits per heavy atom. The highest BCUT2D eigenvalue weighted by molar-refractivity contribution is 5.98. The highest BCUT2D eigenvalue weighted by Gasteiger charge is 2.12. The van der Waals surface area contributed by atoms with E-state index in [2.05, 4.69) is 10.9 Å². The topological polar surface area (TPSA) is 80.6 Å². The van der Waals surface area contributed by atoms with Crippen molar-refractivity contribution < 1.29 is 18.7 Å². The first-order valence-corrected chi connectivity index (χ1v) is 5.90. The summed E-state index contributed by atoms with van der Waals surface area (Å²) in [5, 5.41) is 0. The number of carbonyl (C=O) groups excluding carboxylic acids is 2. The third kappa shape index (κ3) is 2.97. The van der Waals surface area contributed by atoms with E-state index >= 15 is 0 Å². The number of carbonyl (C=O) groups is 2. The van der Waals surface area contributed by atoms with Crippen LogP contribution in [0.4, 0.5) is 0 Å². The lowest BCUT2D eigenvalue weighted by molar-refractivity contribution is 0.0831. The average Bonchev–Trinajstić information content (AvgIpc) is 2.99. The lowest BCUT2D eigenvalue weighted by Gasteiger charge is -2.09. The van der Waals surface area contributed by atoms with E-state index in [1.54, 1.807) is 24.3 Å². The second-order valence-electron chi connectivity index (χ2n) is 4.07. The van der Waals surface area contributed by atoms with Crippen molar-refractivity contribution in [2.75, 3.05) is 7.11 Å². The van der Waals surface area contributed by atoms with E-state index in [4.69, 9.17) is 9.15 Å². The van der Waals surface area contributed by atoms with Crippen LogP contribution in [0.15, 0.2) is 41.0 Å². The quantitative estimate of drug-likeness (QED) is 0.834. The summed E-state index contributed by atoms with van der Waals surface area (Å²) in [6, 6.07) is 8.09. The van der Waals surface area contributed by atoms with E-state index in [1.807, 2.05) is 6.92 Å². The van der Waals surface area contributed by atoms with Gasteiger partial charge >= 0.3 is 5.91 Å².